The summed E-state index contributed by atoms with van der Waals surface area (Å²) in [5, 5.41) is 8.96. The molecule has 0 fully saturated rings. The second kappa shape index (κ2) is 3.79. The summed E-state index contributed by atoms with van der Waals surface area (Å²) < 4.78 is 0. The van der Waals surface area contributed by atoms with Crippen molar-refractivity contribution in [2.75, 3.05) is 0 Å². The first-order chi connectivity index (χ1) is 6.52. The molecule has 0 aromatic carbocycles. The van der Waals surface area contributed by atoms with E-state index in [9.17, 15) is 9.59 Å². The first kappa shape index (κ1) is 10.7. The molecule has 0 saturated heterocycles. The Labute approximate surface area is 81.9 Å². The van der Waals surface area contributed by atoms with Crippen LogP contribution in [0.4, 0.5) is 0 Å². The number of carboxylic acids is 1. The smallest absolute Gasteiger partial charge is 0.307 e. The Morgan fingerprint density at radius 2 is 2.29 bits per heavy atom. The second-order valence-electron chi connectivity index (χ2n) is 3.63. The molecular formula is C9H14N2O3. The second-order valence-corrected chi connectivity index (χ2v) is 3.63. The molecule has 4 N–H and O–H groups in total. The minimum absolute atomic E-state index is 0.458. The van der Waals surface area contributed by atoms with Crippen LogP contribution < -0.4 is 11.3 Å². The third kappa shape index (κ3) is 1.63. The van der Waals surface area contributed by atoms with Gasteiger partial charge < -0.3 is 5.11 Å². The molecule has 0 aliphatic heterocycles. The number of carbonyl (C=O) groups is 2. The SMILES string of the molecule is CC1(C(=O)NN)C=CCCC1C(=O)O. The molecule has 1 rings (SSSR count). The highest BCUT2D eigenvalue weighted by molar-refractivity contribution is 5.89. The van der Waals surface area contributed by atoms with Crippen LogP contribution >= 0.6 is 0 Å². The summed E-state index contributed by atoms with van der Waals surface area (Å²) in [4.78, 5) is 22.4. The predicted molar refractivity (Wildman–Crippen MR) is 49.9 cm³/mol. The van der Waals surface area contributed by atoms with E-state index in [1.54, 1.807) is 13.0 Å². The van der Waals surface area contributed by atoms with Gasteiger partial charge in [-0.2, -0.15) is 0 Å². The van der Waals surface area contributed by atoms with Crippen molar-refractivity contribution in [3.05, 3.63) is 12.2 Å². The lowest BCUT2D eigenvalue weighted by atomic mass is 9.71. The predicted octanol–water partition coefficient (Wildman–Crippen LogP) is 0.0334. The third-order valence-electron chi connectivity index (χ3n) is 2.73. The maximum atomic E-state index is 11.5. The number of hydrogen-bond acceptors (Lipinski definition) is 3. The van der Waals surface area contributed by atoms with Crippen molar-refractivity contribution in [3.63, 3.8) is 0 Å². The zero-order chi connectivity index (χ0) is 10.8. The Balaban J connectivity index is 3.01. The lowest BCUT2D eigenvalue weighted by Gasteiger charge is -2.32. The number of carbonyl (C=O) groups excluding carboxylic acids is 1. The Kier molecular flexibility index (Phi) is 2.90. The van der Waals surface area contributed by atoms with Crippen LogP contribution in [-0.2, 0) is 9.59 Å². The number of allylic oxidation sites excluding steroid dienone is 1. The van der Waals surface area contributed by atoms with Gasteiger partial charge >= 0.3 is 5.97 Å². The molecule has 0 aromatic heterocycles. The van der Waals surface area contributed by atoms with E-state index < -0.39 is 23.2 Å². The summed E-state index contributed by atoms with van der Waals surface area (Å²) in [5.74, 6) is 2.91. The number of carboxylic acid groups (broad SMARTS) is 1. The van der Waals surface area contributed by atoms with Gasteiger partial charge in [0.1, 0.15) is 0 Å². The molecule has 1 amide bonds. The number of hydrazine groups is 1. The highest BCUT2D eigenvalue weighted by Crippen LogP contribution is 2.36. The molecule has 5 nitrogen and oxygen atoms in total. The molecule has 78 valence electrons. The van der Waals surface area contributed by atoms with Crippen molar-refractivity contribution in [2.24, 2.45) is 17.2 Å². The van der Waals surface area contributed by atoms with Gasteiger partial charge in [0, 0.05) is 0 Å². The number of aliphatic carboxylic acids is 1. The molecule has 14 heavy (non-hydrogen) atoms. The van der Waals surface area contributed by atoms with Gasteiger partial charge in [-0.05, 0) is 19.8 Å². The topological polar surface area (TPSA) is 92.4 Å². The van der Waals surface area contributed by atoms with Gasteiger partial charge in [-0.25, -0.2) is 5.84 Å². The zero-order valence-corrected chi connectivity index (χ0v) is 7.99. The van der Waals surface area contributed by atoms with Crippen LogP contribution in [0.15, 0.2) is 12.2 Å². The molecule has 0 heterocycles. The van der Waals surface area contributed by atoms with Crippen LogP contribution in [0.5, 0.6) is 0 Å². The first-order valence-corrected chi connectivity index (χ1v) is 4.44. The summed E-state index contributed by atoms with van der Waals surface area (Å²) in [6, 6.07) is 0. The van der Waals surface area contributed by atoms with Crippen LogP contribution in [0.25, 0.3) is 0 Å². The van der Waals surface area contributed by atoms with Crippen molar-refractivity contribution >= 4 is 11.9 Å². The van der Waals surface area contributed by atoms with Crippen molar-refractivity contribution in [2.45, 2.75) is 19.8 Å². The molecule has 0 saturated carbocycles. The zero-order valence-electron chi connectivity index (χ0n) is 7.99. The molecule has 2 unspecified atom stereocenters. The quantitative estimate of drug-likeness (QED) is 0.253. The lowest BCUT2D eigenvalue weighted by molar-refractivity contribution is -0.150. The minimum atomic E-state index is -1.03. The van der Waals surface area contributed by atoms with E-state index >= 15 is 0 Å². The summed E-state index contributed by atoms with van der Waals surface area (Å²) in [7, 11) is 0. The normalized spacial score (nSPS) is 31.1. The monoisotopic (exact) mass is 198 g/mol. The van der Waals surface area contributed by atoms with Crippen LogP contribution in [-0.4, -0.2) is 17.0 Å². The van der Waals surface area contributed by atoms with Gasteiger partial charge in [0.2, 0.25) is 5.91 Å². The molecule has 5 heteroatoms. The van der Waals surface area contributed by atoms with E-state index in [2.05, 4.69) is 0 Å². The largest absolute Gasteiger partial charge is 0.481 e. The van der Waals surface area contributed by atoms with Crippen molar-refractivity contribution in [1.29, 1.82) is 0 Å². The summed E-state index contributed by atoms with van der Waals surface area (Å²) in [6.45, 7) is 1.59. The molecule has 1 aliphatic carbocycles. The fraction of sp³-hybridized carbons (Fsp3) is 0.556. The van der Waals surface area contributed by atoms with E-state index in [1.165, 1.54) is 0 Å². The van der Waals surface area contributed by atoms with Crippen molar-refractivity contribution < 1.29 is 14.7 Å². The highest BCUT2D eigenvalue weighted by atomic mass is 16.4. The Bertz CT molecular complexity index is 288. The maximum Gasteiger partial charge on any atom is 0.307 e. The van der Waals surface area contributed by atoms with Crippen LogP contribution in [0.2, 0.25) is 0 Å². The number of nitrogens with one attached hydrogen (secondary N) is 1. The first-order valence-electron chi connectivity index (χ1n) is 4.44. The highest BCUT2D eigenvalue weighted by Gasteiger charge is 2.44. The Hall–Kier alpha value is -1.36. The molecule has 0 spiro atoms. The third-order valence-corrected chi connectivity index (χ3v) is 2.73. The Morgan fingerprint density at radius 1 is 1.64 bits per heavy atom. The number of rotatable bonds is 2. The summed E-state index contributed by atoms with van der Waals surface area (Å²) >= 11 is 0. The van der Waals surface area contributed by atoms with E-state index in [-0.39, 0.29) is 0 Å². The summed E-state index contributed by atoms with van der Waals surface area (Å²) in [5.41, 5.74) is 0.978. The van der Waals surface area contributed by atoms with Gasteiger partial charge in [-0.1, -0.05) is 12.2 Å². The Morgan fingerprint density at radius 3 is 2.79 bits per heavy atom. The van der Waals surface area contributed by atoms with Gasteiger partial charge in [0.05, 0.1) is 11.3 Å². The molecule has 1 aliphatic rings. The average molecular weight is 198 g/mol. The van der Waals surface area contributed by atoms with Gasteiger partial charge in [0.25, 0.3) is 0 Å². The lowest BCUT2D eigenvalue weighted by Crippen LogP contribution is -2.48. The van der Waals surface area contributed by atoms with E-state index in [1.807, 2.05) is 11.5 Å². The van der Waals surface area contributed by atoms with Crippen molar-refractivity contribution in [1.82, 2.24) is 5.43 Å². The number of nitrogens with two attached hydrogens (primary N) is 1. The van der Waals surface area contributed by atoms with Crippen molar-refractivity contribution in [3.8, 4) is 0 Å². The molecule has 0 bridgehead atoms. The molecular weight excluding hydrogens is 184 g/mol. The average Bonchev–Trinajstić information content (AvgIpc) is 2.16. The van der Waals surface area contributed by atoms with E-state index in [0.29, 0.717) is 12.8 Å². The standard InChI is InChI=1S/C9H14N2O3/c1-9(8(14)11-10)5-3-2-4-6(9)7(12)13/h3,5-6H,2,4,10H2,1H3,(H,11,14)(H,12,13). The van der Waals surface area contributed by atoms with Crippen LogP contribution in [0.1, 0.15) is 19.8 Å². The van der Waals surface area contributed by atoms with Gasteiger partial charge in [0.15, 0.2) is 0 Å². The van der Waals surface area contributed by atoms with E-state index in [0.717, 1.165) is 0 Å². The van der Waals surface area contributed by atoms with Gasteiger partial charge in [-0.15, -0.1) is 0 Å². The molecule has 0 radical (unpaired) electrons. The minimum Gasteiger partial charge on any atom is -0.481 e. The maximum absolute atomic E-state index is 11.5. The van der Waals surface area contributed by atoms with Crippen LogP contribution in [0, 0.1) is 11.3 Å². The van der Waals surface area contributed by atoms with Crippen LogP contribution in [0.3, 0.4) is 0 Å². The number of amides is 1. The fourth-order valence-corrected chi connectivity index (χ4v) is 1.78. The van der Waals surface area contributed by atoms with Gasteiger partial charge in [-0.3, -0.25) is 15.0 Å². The molecule has 2 atom stereocenters. The number of hydrogen-bond donors (Lipinski definition) is 3. The fourth-order valence-electron chi connectivity index (χ4n) is 1.78. The molecule has 0 aromatic rings. The van der Waals surface area contributed by atoms with E-state index in [4.69, 9.17) is 10.9 Å². The summed E-state index contributed by atoms with van der Waals surface area (Å²) in [6.07, 6.45) is 4.59.